The van der Waals surface area contributed by atoms with Crippen LogP contribution >= 0.6 is 0 Å². The SMILES string of the molecule is CC(C)OC(=O)C(c1ccccc1)c1cc(O[Si](C)(C)C(C)(C)C)ccc1O. The number of ether oxygens (including phenoxy) is 1. The summed E-state index contributed by atoms with van der Waals surface area (Å²) in [5.41, 5.74) is 1.26. The Morgan fingerprint density at radius 3 is 2.18 bits per heavy atom. The van der Waals surface area contributed by atoms with E-state index in [-0.39, 0.29) is 22.9 Å². The summed E-state index contributed by atoms with van der Waals surface area (Å²) in [5, 5.41) is 10.6. The van der Waals surface area contributed by atoms with Gasteiger partial charge in [-0.05, 0) is 55.7 Å². The summed E-state index contributed by atoms with van der Waals surface area (Å²) < 4.78 is 11.9. The van der Waals surface area contributed by atoms with Crippen LogP contribution in [0.1, 0.15) is 51.7 Å². The van der Waals surface area contributed by atoms with E-state index in [0.29, 0.717) is 11.3 Å². The quantitative estimate of drug-likeness (QED) is 0.487. The number of aromatic hydroxyl groups is 1. The minimum atomic E-state index is -2.05. The molecular weight excluding hydrogens is 368 g/mol. The number of carbonyl (C=O) groups is 1. The van der Waals surface area contributed by atoms with Crippen molar-refractivity contribution in [3.8, 4) is 11.5 Å². The third kappa shape index (κ3) is 5.16. The highest BCUT2D eigenvalue weighted by molar-refractivity contribution is 6.74. The zero-order chi connectivity index (χ0) is 21.1. The Bertz CT molecular complexity index is 807. The van der Waals surface area contributed by atoms with E-state index in [1.54, 1.807) is 18.2 Å². The molecule has 1 unspecified atom stereocenters. The van der Waals surface area contributed by atoms with Crippen molar-refractivity contribution >= 4 is 14.3 Å². The Hall–Kier alpha value is -2.27. The van der Waals surface area contributed by atoms with Gasteiger partial charge < -0.3 is 14.3 Å². The molecule has 2 aromatic rings. The molecule has 0 spiro atoms. The molecule has 2 rings (SSSR count). The van der Waals surface area contributed by atoms with Gasteiger partial charge in [-0.15, -0.1) is 0 Å². The van der Waals surface area contributed by atoms with Crippen LogP contribution in [0.4, 0.5) is 0 Å². The summed E-state index contributed by atoms with van der Waals surface area (Å²) in [4.78, 5) is 12.9. The van der Waals surface area contributed by atoms with Gasteiger partial charge in [-0.25, -0.2) is 0 Å². The van der Waals surface area contributed by atoms with Gasteiger partial charge in [-0.1, -0.05) is 51.1 Å². The lowest BCUT2D eigenvalue weighted by atomic mass is 9.90. The summed E-state index contributed by atoms with van der Waals surface area (Å²) >= 11 is 0. The Labute approximate surface area is 169 Å². The topological polar surface area (TPSA) is 55.8 Å². The summed E-state index contributed by atoms with van der Waals surface area (Å²) in [6.45, 7) is 14.5. The highest BCUT2D eigenvalue weighted by Crippen LogP contribution is 2.40. The van der Waals surface area contributed by atoms with Crippen molar-refractivity contribution in [1.82, 2.24) is 0 Å². The predicted molar refractivity (Wildman–Crippen MR) is 115 cm³/mol. The fourth-order valence-electron chi connectivity index (χ4n) is 2.66. The van der Waals surface area contributed by atoms with Gasteiger partial charge >= 0.3 is 5.97 Å². The second kappa shape index (κ2) is 8.39. The Balaban J connectivity index is 2.50. The molecule has 1 N–H and O–H groups in total. The number of hydrogen-bond acceptors (Lipinski definition) is 4. The maximum atomic E-state index is 12.9. The first-order valence-corrected chi connectivity index (χ1v) is 12.6. The van der Waals surface area contributed by atoms with Gasteiger partial charge in [0, 0.05) is 5.56 Å². The number of phenolic OH excluding ortho intramolecular Hbond substituents is 1. The number of benzene rings is 2. The normalized spacial score (nSPS) is 13.3. The third-order valence-electron chi connectivity index (χ3n) is 5.21. The molecule has 0 heterocycles. The van der Waals surface area contributed by atoms with Gasteiger partial charge in [0.05, 0.1) is 6.10 Å². The first-order valence-electron chi connectivity index (χ1n) is 9.70. The second-order valence-corrected chi connectivity index (χ2v) is 13.6. The van der Waals surface area contributed by atoms with Crippen molar-refractivity contribution in [2.75, 3.05) is 0 Å². The van der Waals surface area contributed by atoms with Crippen LogP contribution in [0, 0.1) is 0 Å². The van der Waals surface area contributed by atoms with Crippen LogP contribution in [-0.2, 0) is 9.53 Å². The minimum absolute atomic E-state index is 0.0421. The molecule has 152 valence electrons. The fraction of sp³-hybridized carbons (Fsp3) is 0.435. The smallest absolute Gasteiger partial charge is 0.318 e. The van der Waals surface area contributed by atoms with E-state index in [0.717, 1.165) is 5.56 Å². The molecule has 0 bridgehead atoms. The van der Waals surface area contributed by atoms with Crippen molar-refractivity contribution in [3.05, 3.63) is 59.7 Å². The van der Waals surface area contributed by atoms with Crippen LogP contribution in [0.3, 0.4) is 0 Å². The van der Waals surface area contributed by atoms with E-state index < -0.39 is 14.2 Å². The molecular formula is C23H32O4Si. The van der Waals surface area contributed by atoms with Crippen molar-refractivity contribution in [2.24, 2.45) is 0 Å². The zero-order valence-corrected chi connectivity index (χ0v) is 18.9. The molecule has 28 heavy (non-hydrogen) atoms. The molecule has 4 nitrogen and oxygen atoms in total. The van der Waals surface area contributed by atoms with Crippen molar-refractivity contribution in [2.45, 2.75) is 64.8 Å². The van der Waals surface area contributed by atoms with Gasteiger partial charge in [0.25, 0.3) is 0 Å². The Morgan fingerprint density at radius 2 is 1.64 bits per heavy atom. The van der Waals surface area contributed by atoms with Crippen LogP contribution in [0.2, 0.25) is 18.1 Å². The lowest BCUT2D eigenvalue weighted by Crippen LogP contribution is -2.43. The monoisotopic (exact) mass is 400 g/mol. The lowest BCUT2D eigenvalue weighted by molar-refractivity contribution is -0.148. The van der Waals surface area contributed by atoms with E-state index in [1.165, 1.54) is 0 Å². The molecule has 0 aromatic heterocycles. The second-order valence-electron chi connectivity index (χ2n) is 8.91. The Morgan fingerprint density at radius 1 is 1.04 bits per heavy atom. The largest absolute Gasteiger partial charge is 0.543 e. The third-order valence-corrected chi connectivity index (χ3v) is 9.57. The summed E-state index contributed by atoms with van der Waals surface area (Å²) in [5.74, 6) is -0.387. The molecule has 0 radical (unpaired) electrons. The molecule has 2 aromatic carbocycles. The molecule has 0 aliphatic heterocycles. The number of hydrogen-bond donors (Lipinski definition) is 1. The van der Waals surface area contributed by atoms with Crippen molar-refractivity contribution < 1.29 is 19.1 Å². The first-order chi connectivity index (χ1) is 12.9. The maximum absolute atomic E-state index is 12.9. The van der Waals surface area contributed by atoms with E-state index in [9.17, 15) is 9.90 Å². The number of carbonyl (C=O) groups excluding carboxylic acids is 1. The van der Waals surface area contributed by atoms with E-state index in [2.05, 4.69) is 33.9 Å². The zero-order valence-electron chi connectivity index (χ0n) is 17.9. The minimum Gasteiger partial charge on any atom is -0.543 e. The number of esters is 1. The first kappa shape index (κ1) is 22.0. The predicted octanol–water partition coefficient (Wildman–Crippen LogP) is 5.86. The van der Waals surface area contributed by atoms with Gasteiger partial charge in [-0.2, -0.15) is 0 Å². The van der Waals surface area contributed by atoms with E-state index >= 15 is 0 Å². The van der Waals surface area contributed by atoms with E-state index in [1.807, 2.05) is 44.2 Å². The molecule has 0 aliphatic carbocycles. The Kier molecular flexibility index (Phi) is 6.60. The van der Waals surface area contributed by atoms with Gasteiger partial charge in [0.15, 0.2) is 0 Å². The van der Waals surface area contributed by atoms with Crippen LogP contribution < -0.4 is 4.43 Å². The van der Waals surface area contributed by atoms with Crippen LogP contribution in [0.5, 0.6) is 11.5 Å². The summed E-state index contributed by atoms with van der Waals surface area (Å²) in [7, 11) is -2.05. The number of rotatable bonds is 6. The molecule has 0 aliphatic rings. The van der Waals surface area contributed by atoms with E-state index in [4.69, 9.17) is 9.16 Å². The average Bonchev–Trinajstić information content (AvgIpc) is 2.57. The molecule has 0 saturated carbocycles. The van der Waals surface area contributed by atoms with Gasteiger partial charge in [-0.3, -0.25) is 4.79 Å². The number of phenols is 1. The lowest BCUT2D eigenvalue weighted by Gasteiger charge is -2.36. The average molecular weight is 401 g/mol. The maximum Gasteiger partial charge on any atom is 0.318 e. The van der Waals surface area contributed by atoms with Gasteiger partial charge in [0.2, 0.25) is 8.32 Å². The standard InChI is InChI=1S/C23H32O4Si/c1-16(2)26-22(25)21(17-11-9-8-10-12-17)19-15-18(13-14-20(19)24)27-28(6,7)23(3,4)5/h8-16,21,24H,1-7H3. The van der Waals surface area contributed by atoms with Crippen molar-refractivity contribution in [3.63, 3.8) is 0 Å². The highest BCUT2D eigenvalue weighted by atomic mass is 28.4. The molecule has 0 saturated heterocycles. The van der Waals surface area contributed by atoms with Gasteiger partial charge in [0.1, 0.15) is 17.4 Å². The molecule has 0 amide bonds. The highest BCUT2D eigenvalue weighted by Gasteiger charge is 2.39. The van der Waals surface area contributed by atoms with Crippen LogP contribution in [0.15, 0.2) is 48.5 Å². The molecule has 0 fully saturated rings. The molecule has 1 atom stereocenters. The summed E-state index contributed by atoms with van der Waals surface area (Å²) in [6.07, 6.45) is -0.243. The fourth-order valence-corrected chi connectivity index (χ4v) is 3.69. The van der Waals surface area contributed by atoms with Crippen LogP contribution in [0.25, 0.3) is 0 Å². The molecule has 5 heteroatoms. The van der Waals surface area contributed by atoms with Crippen LogP contribution in [-0.4, -0.2) is 25.5 Å². The van der Waals surface area contributed by atoms with Crippen molar-refractivity contribution in [1.29, 1.82) is 0 Å². The summed E-state index contributed by atoms with van der Waals surface area (Å²) in [6, 6.07) is 14.5.